The molecule has 2 N–H and O–H groups in total. The minimum absolute atomic E-state index is 0.0270. The second-order valence-corrected chi connectivity index (χ2v) is 10.9. The Morgan fingerprint density at radius 3 is 1.75 bits per heavy atom. The fourth-order valence-electron chi connectivity index (χ4n) is 5.95. The maximum absolute atomic E-state index is 13.0. The highest BCUT2D eigenvalue weighted by atomic mass is 16.7. The van der Waals surface area contributed by atoms with Crippen molar-refractivity contribution >= 4 is 68.1 Å². The Balaban J connectivity index is 1.05. The first-order valence-electron chi connectivity index (χ1n) is 15.0. The largest absolute Gasteiger partial charge is 0.422 e. The summed E-state index contributed by atoms with van der Waals surface area (Å²) in [6.45, 7) is 4.67. The SMILES string of the molecule is CCCCN1C(=O)c2cccc3c(NC(=O)COCOC(=O)Nc4ccc5c6c(cccc46)C(=O)N5CCCC)ccc1c23. The molecule has 4 aromatic carbocycles. The number of anilines is 4. The van der Waals surface area contributed by atoms with Gasteiger partial charge in [0.25, 0.3) is 17.7 Å². The molecule has 10 nitrogen and oxygen atoms in total. The molecular weight excluding hydrogens is 560 g/mol. The van der Waals surface area contributed by atoms with E-state index in [4.69, 9.17) is 9.47 Å². The van der Waals surface area contributed by atoms with Gasteiger partial charge in [-0.05, 0) is 49.2 Å². The number of hydrogen-bond acceptors (Lipinski definition) is 6. The minimum Gasteiger partial charge on any atom is -0.422 e. The van der Waals surface area contributed by atoms with Gasteiger partial charge in [-0.25, -0.2) is 4.79 Å². The molecule has 10 heteroatoms. The van der Waals surface area contributed by atoms with Crippen molar-refractivity contribution in [2.24, 2.45) is 0 Å². The van der Waals surface area contributed by atoms with Gasteiger partial charge in [0.15, 0.2) is 6.79 Å². The number of nitrogens with zero attached hydrogens (tertiary/aromatic N) is 2. The second kappa shape index (κ2) is 12.3. The van der Waals surface area contributed by atoms with Gasteiger partial charge in [0, 0.05) is 51.4 Å². The van der Waals surface area contributed by atoms with E-state index in [0.29, 0.717) is 35.6 Å². The topological polar surface area (TPSA) is 117 Å². The maximum Gasteiger partial charge on any atom is 0.413 e. The Bertz CT molecular complexity index is 1670. The standard InChI is InChI=1S/C34H34N4O6/c1-3-5-17-37-27-15-13-25(21-9-7-11-23(30(21)27)32(37)40)35-29(39)19-43-20-44-34(42)36-26-14-16-28-31-22(26)10-8-12-24(31)33(41)38(28)18-6-4-2/h7-16H,3-6,17-20H2,1-2H3,(H,35,39)(H,36,42). The summed E-state index contributed by atoms with van der Waals surface area (Å²) in [5, 5.41) is 8.71. The van der Waals surface area contributed by atoms with Crippen LogP contribution in [0.1, 0.15) is 60.2 Å². The molecule has 4 amide bonds. The van der Waals surface area contributed by atoms with Crippen molar-refractivity contribution in [3.05, 3.63) is 71.8 Å². The lowest BCUT2D eigenvalue weighted by Gasteiger charge is -2.18. The molecule has 0 radical (unpaired) electrons. The van der Waals surface area contributed by atoms with Crippen molar-refractivity contribution in [3.63, 3.8) is 0 Å². The molecular formula is C34H34N4O6. The van der Waals surface area contributed by atoms with E-state index in [1.54, 1.807) is 34.1 Å². The van der Waals surface area contributed by atoms with Crippen LogP contribution in [0.25, 0.3) is 21.5 Å². The normalized spacial score (nSPS) is 13.3. The summed E-state index contributed by atoms with van der Waals surface area (Å²) < 4.78 is 10.5. The molecule has 0 fully saturated rings. The Kier molecular flexibility index (Phi) is 8.17. The molecule has 2 aliphatic heterocycles. The highest BCUT2D eigenvalue weighted by molar-refractivity contribution is 6.28. The first-order chi connectivity index (χ1) is 21.4. The molecule has 44 heavy (non-hydrogen) atoms. The van der Waals surface area contributed by atoms with Crippen LogP contribution in [-0.4, -0.2) is 50.3 Å². The lowest BCUT2D eigenvalue weighted by molar-refractivity contribution is -0.124. The third-order valence-corrected chi connectivity index (χ3v) is 8.06. The molecule has 4 aromatic rings. The molecule has 0 saturated carbocycles. The number of carbonyl (C=O) groups excluding carboxylic acids is 4. The third-order valence-electron chi connectivity index (χ3n) is 8.06. The summed E-state index contributed by atoms with van der Waals surface area (Å²) >= 11 is 0. The van der Waals surface area contributed by atoms with E-state index in [-0.39, 0.29) is 18.4 Å². The van der Waals surface area contributed by atoms with Crippen LogP contribution in [0.2, 0.25) is 0 Å². The predicted octanol–water partition coefficient (Wildman–Crippen LogP) is 6.67. The lowest BCUT2D eigenvalue weighted by atomic mass is 10.0. The molecule has 2 heterocycles. The van der Waals surface area contributed by atoms with Crippen LogP contribution in [0.3, 0.4) is 0 Å². The van der Waals surface area contributed by atoms with E-state index < -0.39 is 18.8 Å². The number of rotatable bonds is 12. The van der Waals surface area contributed by atoms with Crippen LogP contribution < -0.4 is 20.4 Å². The summed E-state index contributed by atoms with van der Waals surface area (Å²) in [5.41, 5.74) is 4.01. The van der Waals surface area contributed by atoms with Gasteiger partial charge in [0.05, 0.1) is 17.1 Å². The number of amides is 4. The fourth-order valence-corrected chi connectivity index (χ4v) is 5.95. The number of benzene rings is 4. The molecule has 0 unspecified atom stereocenters. The summed E-state index contributed by atoms with van der Waals surface area (Å²) in [4.78, 5) is 54.8. The predicted molar refractivity (Wildman–Crippen MR) is 171 cm³/mol. The number of unbranched alkanes of at least 4 members (excludes halogenated alkanes) is 2. The van der Waals surface area contributed by atoms with Crippen molar-refractivity contribution in [1.29, 1.82) is 0 Å². The highest BCUT2D eigenvalue weighted by Gasteiger charge is 2.31. The number of nitrogens with one attached hydrogen (secondary N) is 2. The van der Waals surface area contributed by atoms with Gasteiger partial charge >= 0.3 is 6.09 Å². The first kappa shape index (κ1) is 29.1. The van der Waals surface area contributed by atoms with E-state index in [9.17, 15) is 19.2 Å². The summed E-state index contributed by atoms with van der Waals surface area (Å²) in [6.07, 6.45) is 3.01. The van der Waals surface area contributed by atoms with Crippen molar-refractivity contribution in [1.82, 2.24) is 0 Å². The molecule has 0 atom stereocenters. The molecule has 0 aliphatic carbocycles. The van der Waals surface area contributed by atoms with Crippen LogP contribution in [0, 0.1) is 0 Å². The molecule has 0 spiro atoms. The van der Waals surface area contributed by atoms with Gasteiger partial charge in [-0.15, -0.1) is 0 Å². The number of hydrogen-bond donors (Lipinski definition) is 2. The second-order valence-electron chi connectivity index (χ2n) is 10.9. The van der Waals surface area contributed by atoms with E-state index in [1.807, 2.05) is 36.4 Å². The van der Waals surface area contributed by atoms with E-state index in [0.717, 1.165) is 58.6 Å². The van der Waals surface area contributed by atoms with Gasteiger partial charge in [-0.1, -0.05) is 51.0 Å². The van der Waals surface area contributed by atoms with Gasteiger partial charge in [0.2, 0.25) is 0 Å². The van der Waals surface area contributed by atoms with Crippen LogP contribution in [-0.2, 0) is 14.3 Å². The molecule has 0 bridgehead atoms. The van der Waals surface area contributed by atoms with Crippen molar-refractivity contribution < 1.29 is 28.7 Å². The number of carbonyl (C=O) groups is 4. The van der Waals surface area contributed by atoms with Crippen LogP contribution in [0.4, 0.5) is 27.5 Å². The number of ether oxygens (including phenoxy) is 2. The zero-order chi connectivity index (χ0) is 30.8. The average Bonchev–Trinajstić information content (AvgIpc) is 3.47. The van der Waals surface area contributed by atoms with Gasteiger partial charge in [0.1, 0.15) is 6.61 Å². The van der Waals surface area contributed by atoms with E-state index in [2.05, 4.69) is 24.5 Å². The van der Waals surface area contributed by atoms with Crippen molar-refractivity contribution in [2.75, 3.05) is 46.9 Å². The van der Waals surface area contributed by atoms with Crippen LogP contribution in [0.15, 0.2) is 60.7 Å². The van der Waals surface area contributed by atoms with Crippen LogP contribution >= 0.6 is 0 Å². The molecule has 6 rings (SSSR count). The Morgan fingerprint density at radius 1 is 0.705 bits per heavy atom. The van der Waals surface area contributed by atoms with E-state index >= 15 is 0 Å². The molecule has 0 aromatic heterocycles. The molecule has 2 aliphatic rings. The summed E-state index contributed by atoms with van der Waals surface area (Å²) in [5.74, 6) is -0.488. The first-order valence-corrected chi connectivity index (χ1v) is 15.0. The summed E-state index contributed by atoms with van der Waals surface area (Å²) in [6, 6.07) is 18.2. The molecule has 0 saturated heterocycles. The maximum atomic E-state index is 13.0. The third kappa shape index (κ3) is 5.22. The van der Waals surface area contributed by atoms with Crippen molar-refractivity contribution in [2.45, 2.75) is 39.5 Å². The zero-order valence-corrected chi connectivity index (χ0v) is 24.8. The van der Waals surface area contributed by atoms with E-state index in [1.165, 1.54) is 0 Å². The van der Waals surface area contributed by atoms with Crippen molar-refractivity contribution in [3.8, 4) is 0 Å². The quantitative estimate of drug-likeness (QED) is 0.140. The lowest BCUT2D eigenvalue weighted by Crippen LogP contribution is -2.27. The van der Waals surface area contributed by atoms with Gasteiger partial charge < -0.3 is 24.6 Å². The average molecular weight is 595 g/mol. The highest BCUT2D eigenvalue weighted by Crippen LogP contribution is 2.42. The smallest absolute Gasteiger partial charge is 0.413 e. The zero-order valence-electron chi connectivity index (χ0n) is 24.8. The Labute approximate surface area is 254 Å². The van der Waals surface area contributed by atoms with Gasteiger partial charge in [-0.3, -0.25) is 19.7 Å². The Morgan fingerprint density at radius 2 is 1.23 bits per heavy atom. The summed E-state index contributed by atoms with van der Waals surface area (Å²) in [7, 11) is 0. The Hall–Kier alpha value is -4.96. The monoisotopic (exact) mass is 594 g/mol. The van der Waals surface area contributed by atoms with Crippen LogP contribution in [0.5, 0.6) is 0 Å². The van der Waals surface area contributed by atoms with Gasteiger partial charge in [-0.2, -0.15) is 0 Å². The molecule has 226 valence electrons. The minimum atomic E-state index is -0.747. The fraction of sp³-hybridized carbons (Fsp3) is 0.294.